The van der Waals surface area contributed by atoms with Crippen LogP contribution in [0.3, 0.4) is 0 Å². The fourth-order valence-corrected chi connectivity index (χ4v) is 5.72. The Balaban J connectivity index is 1.92. The molecule has 2 heterocycles. The molecule has 3 rings (SSSR count). The fourth-order valence-electron chi connectivity index (χ4n) is 5.72. The molecule has 0 radical (unpaired) electrons. The van der Waals surface area contributed by atoms with E-state index in [1.165, 1.54) is 0 Å². The van der Waals surface area contributed by atoms with E-state index in [9.17, 15) is 9.90 Å². The van der Waals surface area contributed by atoms with Gasteiger partial charge < -0.3 is 29.5 Å². The molecule has 2 N–H and O–H groups in total. The summed E-state index contributed by atoms with van der Waals surface area (Å²) in [6, 6.07) is 9.61. The molecule has 2 aromatic rings. The number of aromatic nitrogens is 2. The van der Waals surface area contributed by atoms with Crippen molar-refractivity contribution >= 4 is 11.7 Å². The highest BCUT2D eigenvalue weighted by atomic mass is 16.6. The van der Waals surface area contributed by atoms with E-state index in [2.05, 4.69) is 18.9 Å². The molecule has 0 spiro atoms. The number of benzene rings is 1. The molecule has 1 aromatic carbocycles. The first-order valence-corrected chi connectivity index (χ1v) is 15.5. The third kappa shape index (κ3) is 8.64. The van der Waals surface area contributed by atoms with Gasteiger partial charge in [0.25, 0.3) is 0 Å². The topological polar surface area (TPSA) is 116 Å². The van der Waals surface area contributed by atoms with Gasteiger partial charge >= 0.3 is 5.97 Å². The lowest BCUT2D eigenvalue weighted by Gasteiger charge is -2.44. The lowest BCUT2D eigenvalue weighted by molar-refractivity contribution is -0.202. The zero-order valence-corrected chi connectivity index (χ0v) is 26.4. The molecule has 1 aliphatic rings. The first-order chi connectivity index (χ1) is 20.0. The van der Waals surface area contributed by atoms with Gasteiger partial charge in [0, 0.05) is 18.3 Å². The normalized spacial score (nSPS) is 28.8. The molecule has 9 heteroatoms. The predicted molar refractivity (Wildman–Crippen MR) is 163 cm³/mol. The average molecular weight is 586 g/mol. The van der Waals surface area contributed by atoms with E-state index in [-0.39, 0.29) is 49.1 Å². The molecule has 0 bridgehead atoms. The van der Waals surface area contributed by atoms with Crippen molar-refractivity contribution in [2.45, 2.75) is 111 Å². The number of carbonyl (C=O) groups is 1. The molecule has 234 valence electrons. The lowest BCUT2D eigenvalue weighted by atomic mass is 9.78. The highest BCUT2D eigenvalue weighted by Gasteiger charge is 2.48. The number of ether oxygens (including phenoxy) is 4. The van der Waals surface area contributed by atoms with E-state index >= 15 is 0 Å². The second kappa shape index (κ2) is 15.6. The van der Waals surface area contributed by atoms with Crippen LogP contribution >= 0.6 is 0 Å². The van der Waals surface area contributed by atoms with E-state index in [4.69, 9.17) is 24.4 Å². The summed E-state index contributed by atoms with van der Waals surface area (Å²) in [5, 5.41) is 24.9. The maximum atomic E-state index is 13.1. The lowest BCUT2D eigenvalue weighted by Crippen LogP contribution is -2.58. The summed E-state index contributed by atoms with van der Waals surface area (Å²) in [6.45, 7) is 13.8. The Bertz CT molecular complexity index is 1100. The molecule has 42 heavy (non-hydrogen) atoms. The van der Waals surface area contributed by atoms with Crippen LogP contribution in [-0.4, -0.2) is 69.8 Å². The Kier molecular flexibility index (Phi) is 12.6. The Labute approximate surface area is 251 Å². The van der Waals surface area contributed by atoms with Crippen molar-refractivity contribution in [2.24, 2.45) is 17.8 Å². The molecule has 4 unspecified atom stereocenters. The minimum absolute atomic E-state index is 0.00579. The third-order valence-corrected chi connectivity index (χ3v) is 8.65. The van der Waals surface area contributed by atoms with Gasteiger partial charge in [-0.2, -0.15) is 5.10 Å². The van der Waals surface area contributed by atoms with Gasteiger partial charge in [-0.25, -0.2) is 4.68 Å². The van der Waals surface area contributed by atoms with Crippen LogP contribution in [0.25, 0.3) is 5.69 Å². The van der Waals surface area contributed by atoms with Crippen LogP contribution in [-0.2, 0) is 19.0 Å². The van der Waals surface area contributed by atoms with E-state index < -0.39 is 17.8 Å². The zero-order valence-electron chi connectivity index (χ0n) is 26.4. The van der Waals surface area contributed by atoms with Crippen molar-refractivity contribution < 1.29 is 28.8 Å². The molecule has 1 aliphatic heterocycles. The Hall–Kier alpha value is -2.75. The van der Waals surface area contributed by atoms with Crippen LogP contribution in [0.4, 0.5) is 0 Å². The van der Waals surface area contributed by atoms with Gasteiger partial charge in [0.05, 0.1) is 42.7 Å². The van der Waals surface area contributed by atoms with Gasteiger partial charge in [-0.1, -0.05) is 48.0 Å². The molecule has 1 fully saturated rings. The van der Waals surface area contributed by atoms with Gasteiger partial charge in [-0.05, 0) is 68.9 Å². The second-order valence-corrected chi connectivity index (χ2v) is 12.0. The summed E-state index contributed by atoms with van der Waals surface area (Å²) in [5.41, 5.74) is -0.322. The van der Waals surface area contributed by atoms with E-state index in [1.54, 1.807) is 17.8 Å². The standard InChI is InChI=1S/C33H51N3O6/c1-8-22(4)30(41-28-16-13-26(14-17-28)36-19-11-18-35-36)24(6)31-33(7,38)29(10-3)42-32(37)23(5)12-15-27(9-2)39-20-25(34)21-40-31/h11,13-14,16-19,22-24,27,29-31,34,38H,8-10,12,15,20-21H2,1-7H3/t22-,23?,24?,27-,29-,30?,31?,33-/m1/s1. The van der Waals surface area contributed by atoms with E-state index in [1.807, 2.05) is 64.2 Å². The quantitative estimate of drug-likeness (QED) is 0.347. The number of nitrogens with zero attached hydrogens (tertiary/aromatic N) is 2. The van der Waals surface area contributed by atoms with Gasteiger partial charge in [0.2, 0.25) is 0 Å². The third-order valence-electron chi connectivity index (χ3n) is 8.65. The Morgan fingerprint density at radius 1 is 1.12 bits per heavy atom. The number of esters is 1. The van der Waals surface area contributed by atoms with Gasteiger partial charge in [-0.3, -0.25) is 4.79 Å². The first-order valence-electron chi connectivity index (χ1n) is 15.5. The van der Waals surface area contributed by atoms with Crippen molar-refractivity contribution in [2.75, 3.05) is 13.2 Å². The molecular formula is C33H51N3O6. The van der Waals surface area contributed by atoms with Crippen molar-refractivity contribution in [1.29, 1.82) is 5.41 Å². The second-order valence-electron chi connectivity index (χ2n) is 12.0. The average Bonchev–Trinajstić information content (AvgIpc) is 3.52. The molecule has 1 saturated heterocycles. The number of nitrogens with one attached hydrogen (secondary N) is 1. The summed E-state index contributed by atoms with van der Waals surface area (Å²) >= 11 is 0. The van der Waals surface area contributed by atoms with Crippen molar-refractivity contribution in [1.82, 2.24) is 9.78 Å². The largest absolute Gasteiger partial charge is 0.490 e. The Morgan fingerprint density at radius 2 is 1.81 bits per heavy atom. The van der Waals surface area contributed by atoms with Gasteiger partial charge in [-0.15, -0.1) is 0 Å². The monoisotopic (exact) mass is 585 g/mol. The minimum Gasteiger partial charge on any atom is -0.490 e. The van der Waals surface area contributed by atoms with Crippen molar-refractivity contribution in [3.63, 3.8) is 0 Å². The summed E-state index contributed by atoms with van der Waals surface area (Å²) in [7, 11) is 0. The van der Waals surface area contributed by atoms with Crippen LogP contribution in [0.2, 0.25) is 0 Å². The summed E-state index contributed by atoms with van der Waals surface area (Å²) < 4.78 is 26.7. The smallest absolute Gasteiger partial charge is 0.309 e. The van der Waals surface area contributed by atoms with Crippen molar-refractivity contribution in [3.8, 4) is 11.4 Å². The summed E-state index contributed by atoms with van der Waals surface area (Å²) in [4.78, 5) is 13.1. The molecule has 9 nitrogen and oxygen atoms in total. The molecular weight excluding hydrogens is 534 g/mol. The number of carbonyl (C=O) groups excluding carboxylic acids is 1. The number of hydrogen-bond donors (Lipinski definition) is 2. The van der Waals surface area contributed by atoms with E-state index in [0.29, 0.717) is 30.7 Å². The first kappa shape index (κ1) is 33.7. The molecule has 0 amide bonds. The molecule has 8 atom stereocenters. The SMILES string of the molecule is CC[C@@H]1CCC(C)C(=O)O[C@H](CC)[C@@](C)(O)C(C(C)C(Oc2ccc(-n3cccn3)cc2)[C@H](C)CC)OCC(=N)CO1. The fraction of sp³-hybridized carbons (Fsp3) is 0.667. The maximum Gasteiger partial charge on any atom is 0.309 e. The van der Waals surface area contributed by atoms with Crippen LogP contribution < -0.4 is 4.74 Å². The van der Waals surface area contributed by atoms with Crippen molar-refractivity contribution in [3.05, 3.63) is 42.7 Å². The van der Waals surface area contributed by atoms with Gasteiger partial charge in [0.15, 0.2) is 0 Å². The number of aliphatic hydroxyl groups is 1. The highest BCUT2D eigenvalue weighted by Crippen LogP contribution is 2.35. The molecule has 0 aliphatic carbocycles. The van der Waals surface area contributed by atoms with E-state index in [0.717, 1.165) is 18.5 Å². The number of cyclic esters (lactones) is 1. The highest BCUT2D eigenvalue weighted by molar-refractivity contribution is 5.83. The van der Waals surface area contributed by atoms with Crippen LogP contribution in [0.5, 0.6) is 5.75 Å². The predicted octanol–water partition coefficient (Wildman–Crippen LogP) is 6.00. The minimum atomic E-state index is -1.54. The maximum absolute atomic E-state index is 13.1. The number of rotatable bonds is 9. The summed E-state index contributed by atoms with van der Waals surface area (Å²) in [6.07, 6.45) is 5.02. The van der Waals surface area contributed by atoms with Crippen LogP contribution in [0, 0.1) is 23.2 Å². The van der Waals surface area contributed by atoms with Crippen LogP contribution in [0.15, 0.2) is 42.7 Å². The van der Waals surface area contributed by atoms with Gasteiger partial charge in [0.1, 0.15) is 23.6 Å². The van der Waals surface area contributed by atoms with Crippen LogP contribution in [0.1, 0.15) is 80.6 Å². The summed E-state index contributed by atoms with van der Waals surface area (Å²) in [5.74, 6) is -0.180. The zero-order chi connectivity index (χ0) is 30.9. The molecule has 0 saturated carbocycles. The molecule has 1 aromatic heterocycles. The number of hydrogen-bond acceptors (Lipinski definition) is 8. The Morgan fingerprint density at radius 3 is 2.40 bits per heavy atom.